The van der Waals surface area contributed by atoms with Crippen molar-refractivity contribution in [1.82, 2.24) is 0 Å². The molecule has 0 aromatic heterocycles. The van der Waals surface area contributed by atoms with Gasteiger partial charge in [-0.1, -0.05) is 59.6 Å². The zero-order valence-electron chi connectivity index (χ0n) is 12.9. The minimum atomic E-state index is 0.201. The van der Waals surface area contributed by atoms with E-state index in [9.17, 15) is 0 Å². The van der Waals surface area contributed by atoms with Gasteiger partial charge in [-0.25, -0.2) is 0 Å². The van der Waals surface area contributed by atoms with Crippen molar-refractivity contribution in [3.63, 3.8) is 0 Å². The summed E-state index contributed by atoms with van der Waals surface area (Å²) in [5, 5.41) is 0.201. The predicted octanol–water partition coefficient (Wildman–Crippen LogP) is 6.19. The van der Waals surface area contributed by atoms with E-state index >= 15 is 0 Å². The maximum atomic E-state index is 6.49. The van der Waals surface area contributed by atoms with Crippen LogP contribution < -0.4 is 0 Å². The van der Waals surface area contributed by atoms with Gasteiger partial charge in [0.05, 0.1) is 5.38 Å². The Balaban J connectivity index is 4.38. The second-order valence-corrected chi connectivity index (χ2v) is 7.28. The fraction of sp³-hybridized carbons (Fsp3) is 0.875. The van der Waals surface area contributed by atoms with Gasteiger partial charge in [-0.3, -0.25) is 0 Å². The number of alkyl halides is 1. The highest BCUT2D eigenvalue weighted by molar-refractivity contribution is 6.22. The lowest BCUT2D eigenvalue weighted by atomic mass is 9.83. The SMILES string of the molecule is CCC(C)(C)/C=C(\C)C(Cl)CCC(C)(C)CC. The summed E-state index contributed by atoms with van der Waals surface area (Å²) in [6.45, 7) is 15.9. The Kier molecular flexibility index (Phi) is 6.84. The van der Waals surface area contributed by atoms with Gasteiger partial charge < -0.3 is 0 Å². The van der Waals surface area contributed by atoms with Crippen molar-refractivity contribution in [1.29, 1.82) is 0 Å². The summed E-state index contributed by atoms with van der Waals surface area (Å²) >= 11 is 6.49. The summed E-state index contributed by atoms with van der Waals surface area (Å²) in [5.41, 5.74) is 2.04. The molecule has 0 aliphatic carbocycles. The molecule has 1 unspecified atom stereocenters. The maximum absolute atomic E-state index is 6.49. The highest BCUT2D eigenvalue weighted by Crippen LogP contribution is 2.31. The summed E-state index contributed by atoms with van der Waals surface area (Å²) in [6.07, 6.45) is 7.03. The van der Waals surface area contributed by atoms with E-state index in [4.69, 9.17) is 11.6 Å². The third-order valence-corrected chi connectivity index (χ3v) is 4.62. The van der Waals surface area contributed by atoms with Crippen LogP contribution in [0.1, 0.15) is 74.1 Å². The first-order valence-electron chi connectivity index (χ1n) is 6.97. The molecule has 0 radical (unpaired) electrons. The Morgan fingerprint density at radius 1 is 1.12 bits per heavy atom. The second-order valence-electron chi connectivity index (χ2n) is 6.75. The molecule has 0 aromatic carbocycles. The van der Waals surface area contributed by atoms with E-state index < -0.39 is 0 Å². The minimum Gasteiger partial charge on any atom is -0.118 e. The van der Waals surface area contributed by atoms with Crippen molar-refractivity contribution < 1.29 is 0 Å². The molecule has 0 saturated carbocycles. The smallest absolute Gasteiger partial charge is 0.0543 e. The van der Waals surface area contributed by atoms with E-state index in [1.54, 1.807) is 0 Å². The van der Waals surface area contributed by atoms with Gasteiger partial charge in [0.15, 0.2) is 0 Å². The molecule has 0 N–H and O–H groups in total. The minimum absolute atomic E-state index is 0.201. The molecule has 0 fully saturated rings. The Hall–Kier alpha value is 0.0300. The quantitative estimate of drug-likeness (QED) is 0.377. The molecule has 1 atom stereocenters. The molecule has 102 valence electrons. The van der Waals surface area contributed by atoms with E-state index in [0.29, 0.717) is 5.41 Å². The largest absolute Gasteiger partial charge is 0.118 e. The standard InChI is InChI=1S/C16H31Cl/c1-8-15(4,5)11-10-14(17)13(3)12-16(6,7)9-2/h12,14H,8-11H2,1-7H3/b13-12+. The third-order valence-electron chi connectivity index (χ3n) is 4.06. The first-order valence-corrected chi connectivity index (χ1v) is 7.40. The highest BCUT2D eigenvalue weighted by Gasteiger charge is 2.19. The summed E-state index contributed by atoms with van der Waals surface area (Å²) in [5.74, 6) is 0. The molecule has 0 amide bonds. The van der Waals surface area contributed by atoms with Gasteiger partial charge in [0.2, 0.25) is 0 Å². The second kappa shape index (κ2) is 6.83. The molecule has 0 nitrogen and oxygen atoms in total. The average molecular weight is 259 g/mol. The predicted molar refractivity (Wildman–Crippen MR) is 80.8 cm³/mol. The van der Waals surface area contributed by atoms with Crippen LogP contribution in [0.2, 0.25) is 0 Å². The summed E-state index contributed by atoms with van der Waals surface area (Å²) in [4.78, 5) is 0. The molecule has 0 aromatic rings. The van der Waals surface area contributed by atoms with Crippen LogP contribution in [0.5, 0.6) is 0 Å². The summed E-state index contributed by atoms with van der Waals surface area (Å²) in [6, 6.07) is 0. The molecule has 0 aliphatic heterocycles. The monoisotopic (exact) mass is 258 g/mol. The number of halogens is 1. The van der Waals surface area contributed by atoms with Gasteiger partial charge in [0.25, 0.3) is 0 Å². The molecule has 1 heteroatoms. The molecule has 0 heterocycles. The van der Waals surface area contributed by atoms with Crippen molar-refractivity contribution in [3.05, 3.63) is 11.6 Å². The van der Waals surface area contributed by atoms with Crippen molar-refractivity contribution in [2.24, 2.45) is 10.8 Å². The van der Waals surface area contributed by atoms with E-state index in [-0.39, 0.29) is 10.8 Å². The fourth-order valence-corrected chi connectivity index (χ4v) is 1.90. The highest BCUT2D eigenvalue weighted by atomic mass is 35.5. The topological polar surface area (TPSA) is 0 Å². The van der Waals surface area contributed by atoms with Gasteiger partial charge in [-0.05, 0) is 37.0 Å². The first kappa shape index (κ1) is 17.0. The first-order chi connectivity index (χ1) is 7.63. The molecule has 0 aliphatic rings. The lowest BCUT2D eigenvalue weighted by Crippen LogP contribution is -2.14. The maximum Gasteiger partial charge on any atom is 0.0543 e. The number of allylic oxidation sites excluding steroid dienone is 2. The van der Waals surface area contributed by atoms with Crippen molar-refractivity contribution >= 4 is 11.6 Å². The van der Waals surface area contributed by atoms with Crippen molar-refractivity contribution in [3.8, 4) is 0 Å². The van der Waals surface area contributed by atoms with Gasteiger partial charge in [0, 0.05) is 0 Å². The van der Waals surface area contributed by atoms with Crippen LogP contribution in [0, 0.1) is 10.8 Å². The van der Waals surface area contributed by atoms with Crippen LogP contribution in [0.3, 0.4) is 0 Å². The van der Waals surface area contributed by atoms with E-state index in [0.717, 1.165) is 12.8 Å². The number of hydrogen-bond donors (Lipinski definition) is 0. The molecule has 0 bridgehead atoms. The Morgan fingerprint density at radius 2 is 1.65 bits per heavy atom. The Labute approximate surface area is 114 Å². The van der Waals surface area contributed by atoms with Crippen LogP contribution in [0.25, 0.3) is 0 Å². The molecule has 17 heavy (non-hydrogen) atoms. The van der Waals surface area contributed by atoms with Crippen LogP contribution in [0.4, 0.5) is 0 Å². The summed E-state index contributed by atoms with van der Waals surface area (Å²) < 4.78 is 0. The fourth-order valence-electron chi connectivity index (χ4n) is 1.73. The third kappa shape index (κ3) is 7.13. The Morgan fingerprint density at radius 3 is 2.06 bits per heavy atom. The van der Waals surface area contributed by atoms with Gasteiger partial charge >= 0.3 is 0 Å². The molecule has 0 saturated heterocycles. The Bertz CT molecular complexity index is 248. The summed E-state index contributed by atoms with van der Waals surface area (Å²) in [7, 11) is 0. The van der Waals surface area contributed by atoms with E-state index in [2.05, 4.69) is 54.5 Å². The van der Waals surface area contributed by atoms with Crippen LogP contribution in [-0.2, 0) is 0 Å². The molecular formula is C16H31Cl. The molecular weight excluding hydrogens is 228 g/mol. The molecule has 0 spiro atoms. The zero-order valence-corrected chi connectivity index (χ0v) is 13.6. The van der Waals surface area contributed by atoms with Gasteiger partial charge in [-0.2, -0.15) is 0 Å². The lowest BCUT2D eigenvalue weighted by molar-refractivity contribution is 0.313. The van der Waals surface area contributed by atoms with Crippen LogP contribution in [0.15, 0.2) is 11.6 Å². The number of hydrogen-bond acceptors (Lipinski definition) is 0. The molecule has 0 rings (SSSR count). The van der Waals surface area contributed by atoms with Gasteiger partial charge in [-0.15, -0.1) is 11.6 Å². The normalized spacial score (nSPS) is 16.1. The van der Waals surface area contributed by atoms with Crippen molar-refractivity contribution in [2.75, 3.05) is 0 Å². The van der Waals surface area contributed by atoms with Crippen LogP contribution >= 0.6 is 11.6 Å². The lowest BCUT2D eigenvalue weighted by Gasteiger charge is -2.25. The van der Waals surface area contributed by atoms with Gasteiger partial charge in [0.1, 0.15) is 0 Å². The van der Waals surface area contributed by atoms with E-state index in [1.807, 2.05) is 0 Å². The zero-order chi connectivity index (χ0) is 13.7. The van der Waals surface area contributed by atoms with E-state index in [1.165, 1.54) is 18.4 Å². The van der Waals surface area contributed by atoms with Crippen LogP contribution in [-0.4, -0.2) is 5.38 Å². The average Bonchev–Trinajstić information content (AvgIpc) is 2.25. The number of rotatable bonds is 7. The van der Waals surface area contributed by atoms with Crippen molar-refractivity contribution in [2.45, 2.75) is 79.5 Å².